The number of benzene rings is 1. The lowest BCUT2D eigenvalue weighted by Gasteiger charge is -2.09. The van der Waals surface area contributed by atoms with E-state index in [-0.39, 0.29) is 5.78 Å². The molecule has 104 valence electrons. The number of ketones is 1. The van der Waals surface area contributed by atoms with Crippen LogP contribution in [0.2, 0.25) is 0 Å². The van der Waals surface area contributed by atoms with E-state index in [2.05, 4.69) is 12.2 Å². The topological polar surface area (TPSA) is 47.6 Å². The van der Waals surface area contributed by atoms with E-state index in [1.165, 1.54) is 0 Å². The van der Waals surface area contributed by atoms with Crippen molar-refractivity contribution in [3.63, 3.8) is 0 Å². The molecule has 0 fully saturated rings. The number of hydrogen-bond donors (Lipinski definition) is 1. The smallest absolute Gasteiger partial charge is 0.164 e. The summed E-state index contributed by atoms with van der Waals surface area (Å²) in [5.41, 5.74) is 0.697. The van der Waals surface area contributed by atoms with Crippen molar-refractivity contribution in [3.05, 3.63) is 23.8 Å². The Labute approximate surface area is 114 Å². The highest BCUT2D eigenvalue weighted by atomic mass is 16.5. The third kappa shape index (κ3) is 3.96. The Bertz CT molecular complexity index is 431. The Morgan fingerprint density at radius 2 is 2.00 bits per heavy atom. The zero-order valence-electron chi connectivity index (χ0n) is 11.4. The first-order valence-corrected chi connectivity index (χ1v) is 6.95. The van der Waals surface area contributed by atoms with Crippen LogP contribution in [0, 0.1) is 0 Å². The molecule has 0 atom stereocenters. The van der Waals surface area contributed by atoms with Crippen molar-refractivity contribution in [2.75, 3.05) is 26.3 Å². The summed E-state index contributed by atoms with van der Waals surface area (Å²) in [6.07, 6.45) is 2.47. The molecular weight excluding hydrogens is 242 g/mol. The van der Waals surface area contributed by atoms with Crippen molar-refractivity contribution < 1.29 is 14.3 Å². The maximum absolute atomic E-state index is 12.0. The first-order valence-electron chi connectivity index (χ1n) is 6.95. The van der Waals surface area contributed by atoms with Crippen molar-refractivity contribution in [3.8, 4) is 11.5 Å². The van der Waals surface area contributed by atoms with Gasteiger partial charge in [0.2, 0.25) is 0 Å². The van der Waals surface area contributed by atoms with Gasteiger partial charge in [-0.3, -0.25) is 4.79 Å². The quantitative estimate of drug-likeness (QED) is 0.632. The first kappa shape index (κ1) is 13.9. The van der Waals surface area contributed by atoms with E-state index in [9.17, 15) is 4.79 Å². The van der Waals surface area contributed by atoms with Crippen molar-refractivity contribution in [1.82, 2.24) is 5.32 Å². The van der Waals surface area contributed by atoms with E-state index < -0.39 is 0 Å². The summed E-state index contributed by atoms with van der Waals surface area (Å²) in [5.74, 6) is 1.56. The maximum atomic E-state index is 12.0. The molecule has 0 saturated carbocycles. The number of Topliss-reactive ketones (excluding diaryl/α,β-unsaturated/α-hetero) is 1. The van der Waals surface area contributed by atoms with Gasteiger partial charge in [0, 0.05) is 24.9 Å². The molecule has 0 unspecified atom stereocenters. The lowest BCUT2D eigenvalue weighted by Crippen LogP contribution is -2.19. The zero-order valence-corrected chi connectivity index (χ0v) is 11.4. The molecule has 1 aliphatic heterocycles. The molecule has 2 rings (SSSR count). The Balaban J connectivity index is 1.96. The first-order chi connectivity index (χ1) is 9.31. The fourth-order valence-electron chi connectivity index (χ4n) is 1.98. The summed E-state index contributed by atoms with van der Waals surface area (Å²) >= 11 is 0. The van der Waals surface area contributed by atoms with Gasteiger partial charge in [-0.1, -0.05) is 6.92 Å². The van der Waals surface area contributed by atoms with E-state index in [1.807, 2.05) is 12.1 Å². The molecule has 4 nitrogen and oxygen atoms in total. The second kappa shape index (κ2) is 7.14. The lowest BCUT2D eigenvalue weighted by atomic mass is 10.1. The number of ether oxygens (including phenoxy) is 2. The average molecular weight is 263 g/mol. The highest BCUT2D eigenvalue weighted by molar-refractivity contribution is 5.96. The number of nitrogens with one attached hydrogen (secondary N) is 1. The maximum Gasteiger partial charge on any atom is 0.164 e. The SMILES string of the molecule is CCCNCCC(=O)c1ccc2c(c1)OCCCO2. The summed E-state index contributed by atoms with van der Waals surface area (Å²) in [6, 6.07) is 5.44. The molecule has 0 radical (unpaired) electrons. The van der Waals surface area contributed by atoms with Gasteiger partial charge in [-0.05, 0) is 31.2 Å². The predicted molar refractivity (Wildman–Crippen MR) is 74.2 cm³/mol. The van der Waals surface area contributed by atoms with Gasteiger partial charge in [0.15, 0.2) is 17.3 Å². The molecule has 0 bridgehead atoms. The van der Waals surface area contributed by atoms with Crippen LogP contribution < -0.4 is 14.8 Å². The average Bonchev–Trinajstić information content (AvgIpc) is 2.67. The van der Waals surface area contributed by atoms with Crippen LogP contribution in [0.3, 0.4) is 0 Å². The molecule has 1 heterocycles. The largest absolute Gasteiger partial charge is 0.490 e. The molecule has 19 heavy (non-hydrogen) atoms. The molecule has 0 aliphatic carbocycles. The molecule has 1 aromatic rings. The van der Waals surface area contributed by atoms with Crippen molar-refractivity contribution >= 4 is 5.78 Å². The highest BCUT2D eigenvalue weighted by Gasteiger charge is 2.13. The molecule has 0 amide bonds. The van der Waals surface area contributed by atoms with Crippen LogP contribution in [0.15, 0.2) is 18.2 Å². The Morgan fingerprint density at radius 1 is 1.21 bits per heavy atom. The van der Waals surface area contributed by atoms with Crippen LogP contribution in [-0.2, 0) is 0 Å². The highest BCUT2D eigenvalue weighted by Crippen LogP contribution is 2.30. The number of carbonyl (C=O) groups is 1. The van der Waals surface area contributed by atoms with Gasteiger partial charge in [-0.25, -0.2) is 0 Å². The molecule has 1 aromatic carbocycles. The molecule has 1 N–H and O–H groups in total. The van der Waals surface area contributed by atoms with Gasteiger partial charge in [0.25, 0.3) is 0 Å². The van der Waals surface area contributed by atoms with Crippen molar-refractivity contribution in [1.29, 1.82) is 0 Å². The lowest BCUT2D eigenvalue weighted by molar-refractivity contribution is 0.0982. The Morgan fingerprint density at radius 3 is 2.79 bits per heavy atom. The molecular formula is C15H21NO3. The van der Waals surface area contributed by atoms with Gasteiger partial charge in [-0.15, -0.1) is 0 Å². The van der Waals surface area contributed by atoms with Crippen LogP contribution in [0.5, 0.6) is 11.5 Å². The second-order valence-corrected chi connectivity index (χ2v) is 4.64. The van der Waals surface area contributed by atoms with Crippen LogP contribution in [0.25, 0.3) is 0 Å². The normalized spacial score (nSPS) is 13.9. The fourth-order valence-corrected chi connectivity index (χ4v) is 1.98. The monoisotopic (exact) mass is 263 g/mol. The fraction of sp³-hybridized carbons (Fsp3) is 0.533. The minimum absolute atomic E-state index is 0.138. The minimum Gasteiger partial charge on any atom is -0.490 e. The van der Waals surface area contributed by atoms with E-state index in [0.717, 1.165) is 31.7 Å². The molecule has 0 spiro atoms. The Kier molecular flexibility index (Phi) is 5.21. The van der Waals surface area contributed by atoms with E-state index >= 15 is 0 Å². The van der Waals surface area contributed by atoms with Gasteiger partial charge in [0.05, 0.1) is 13.2 Å². The van der Waals surface area contributed by atoms with Crippen LogP contribution in [-0.4, -0.2) is 32.1 Å². The summed E-state index contributed by atoms with van der Waals surface area (Å²) in [7, 11) is 0. The number of hydrogen-bond acceptors (Lipinski definition) is 4. The molecule has 0 saturated heterocycles. The van der Waals surface area contributed by atoms with Gasteiger partial charge in [-0.2, -0.15) is 0 Å². The molecule has 4 heteroatoms. The van der Waals surface area contributed by atoms with E-state index in [4.69, 9.17) is 9.47 Å². The standard InChI is InChI=1S/C15H21NO3/c1-2-7-16-8-6-13(17)12-4-5-14-15(11-12)19-10-3-9-18-14/h4-5,11,16H,2-3,6-10H2,1H3. The summed E-state index contributed by atoms with van der Waals surface area (Å²) in [5, 5.41) is 3.23. The summed E-state index contributed by atoms with van der Waals surface area (Å²) < 4.78 is 11.1. The third-order valence-corrected chi connectivity index (χ3v) is 3.03. The second-order valence-electron chi connectivity index (χ2n) is 4.64. The van der Waals surface area contributed by atoms with Gasteiger partial charge < -0.3 is 14.8 Å². The number of rotatable bonds is 6. The third-order valence-electron chi connectivity index (χ3n) is 3.03. The van der Waals surface area contributed by atoms with E-state index in [1.54, 1.807) is 6.07 Å². The minimum atomic E-state index is 0.138. The van der Waals surface area contributed by atoms with Crippen LogP contribution >= 0.6 is 0 Å². The molecule has 1 aliphatic rings. The summed E-state index contributed by atoms with van der Waals surface area (Å²) in [6.45, 7) is 5.10. The predicted octanol–water partition coefficient (Wildman–Crippen LogP) is 2.42. The van der Waals surface area contributed by atoms with E-state index in [0.29, 0.717) is 30.9 Å². The summed E-state index contributed by atoms with van der Waals surface area (Å²) in [4.78, 5) is 12.0. The van der Waals surface area contributed by atoms with Crippen molar-refractivity contribution in [2.24, 2.45) is 0 Å². The Hall–Kier alpha value is -1.55. The van der Waals surface area contributed by atoms with Gasteiger partial charge in [0.1, 0.15) is 0 Å². The van der Waals surface area contributed by atoms with Crippen LogP contribution in [0.1, 0.15) is 36.5 Å². The zero-order chi connectivity index (χ0) is 13.5. The number of carbonyl (C=O) groups excluding carboxylic acids is 1. The number of fused-ring (bicyclic) bond motifs is 1. The van der Waals surface area contributed by atoms with Gasteiger partial charge >= 0.3 is 0 Å². The van der Waals surface area contributed by atoms with Crippen LogP contribution in [0.4, 0.5) is 0 Å². The van der Waals surface area contributed by atoms with Crippen molar-refractivity contribution in [2.45, 2.75) is 26.2 Å². The molecule has 0 aromatic heterocycles.